The minimum Gasteiger partial charge on any atom is -0.383 e. The third-order valence-electron chi connectivity index (χ3n) is 2.38. The predicted molar refractivity (Wildman–Crippen MR) is 77.5 cm³/mol. The summed E-state index contributed by atoms with van der Waals surface area (Å²) < 4.78 is 4.82. The predicted octanol–water partition coefficient (Wildman–Crippen LogP) is 0.159. The first kappa shape index (κ1) is 17.6. The number of hydrogen-bond donors (Lipinski definition) is 2. The van der Waals surface area contributed by atoms with E-state index in [0.29, 0.717) is 6.54 Å². The van der Waals surface area contributed by atoms with Gasteiger partial charge in [0.15, 0.2) is 0 Å². The zero-order valence-corrected chi connectivity index (χ0v) is 12.2. The Hall–Kier alpha value is -1.37. The number of nitrogens with zero attached hydrogens (tertiary/aromatic N) is 2. The molecule has 1 unspecified atom stereocenters. The van der Waals surface area contributed by atoms with Gasteiger partial charge in [0, 0.05) is 21.2 Å². The molecule has 1 amide bonds. The molecular formula is C12H21ClN4O2. The number of carbonyl (C=O) groups is 1. The van der Waals surface area contributed by atoms with E-state index in [1.807, 2.05) is 37.2 Å². The van der Waals surface area contributed by atoms with Crippen molar-refractivity contribution in [2.75, 3.05) is 32.7 Å². The van der Waals surface area contributed by atoms with E-state index in [4.69, 9.17) is 10.5 Å². The number of amides is 1. The highest BCUT2D eigenvalue weighted by atomic mass is 35.5. The van der Waals surface area contributed by atoms with Crippen LogP contribution >= 0.6 is 12.4 Å². The van der Waals surface area contributed by atoms with Gasteiger partial charge in [0.2, 0.25) is 5.91 Å². The van der Waals surface area contributed by atoms with E-state index in [1.165, 1.54) is 7.11 Å². The average molecular weight is 289 g/mol. The van der Waals surface area contributed by atoms with Crippen LogP contribution in [0, 0.1) is 0 Å². The highest BCUT2D eigenvalue weighted by Crippen LogP contribution is 2.07. The molecule has 7 heteroatoms. The molecule has 19 heavy (non-hydrogen) atoms. The first-order valence-electron chi connectivity index (χ1n) is 5.70. The lowest BCUT2D eigenvalue weighted by molar-refractivity contribution is -0.123. The largest absolute Gasteiger partial charge is 0.383 e. The number of nitrogens with two attached hydrogens (primary N) is 1. The Labute approximate surface area is 119 Å². The number of aromatic nitrogens is 1. The van der Waals surface area contributed by atoms with Crippen molar-refractivity contribution < 1.29 is 9.53 Å². The maximum atomic E-state index is 11.6. The van der Waals surface area contributed by atoms with Crippen LogP contribution < -0.4 is 16.0 Å². The molecule has 0 saturated carbocycles. The summed E-state index contributed by atoms with van der Waals surface area (Å²) in [5, 5.41) is 2.72. The van der Waals surface area contributed by atoms with Crippen LogP contribution in [0.2, 0.25) is 0 Å². The fourth-order valence-corrected chi connectivity index (χ4v) is 1.38. The first-order valence-corrected chi connectivity index (χ1v) is 5.70. The van der Waals surface area contributed by atoms with Gasteiger partial charge in [0.25, 0.3) is 0 Å². The quantitative estimate of drug-likeness (QED) is 0.779. The summed E-state index contributed by atoms with van der Waals surface area (Å²) >= 11 is 0. The summed E-state index contributed by atoms with van der Waals surface area (Å²) in [5.41, 5.74) is 6.40. The van der Waals surface area contributed by atoms with Crippen LogP contribution in [0.4, 0.5) is 5.82 Å². The first-order chi connectivity index (χ1) is 8.54. The van der Waals surface area contributed by atoms with Gasteiger partial charge in [0.1, 0.15) is 11.9 Å². The zero-order chi connectivity index (χ0) is 13.5. The molecule has 0 aliphatic heterocycles. The number of pyridine rings is 1. The van der Waals surface area contributed by atoms with Gasteiger partial charge >= 0.3 is 0 Å². The molecular weight excluding hydrogens is 268 g/mol. The van der Waals surface area contributed by atoms with E-state index in [2.05, 4.69) is 10.3 Å². The number of methoxy groups -OCH3 is 1. The van der Waals surface area contributed by atoms with Gasteiger partial charge in [-0.05, 0) is 12.1 Å². The molecule has 1 rings (SSSR count). The van der Waals surface area contributed by atoms with Crippen molar-refractivity contribution in [3.8, 4) is 0 Å². The number of anilines is 1. The summed E-state index contributed by atoms with van der Waals surface area (Å²) in [7, 11) is 5.34. The maximum absolute atomic E-state index is 11.6. The number of rotatable bonds is 6. The van der Waals surface area contributed by atoms with Gasteiger partial charge in [0.05, 0.1) is 18.8 Å². The van der Waals surface area contributed by atoms with Crippen molar-refractivity contribution in [3.05, 3.63) is 23.9 Å². The molecule has 0 spiro atoms. The molecule has 0 aliphatic carbocycles. The van der Waals surface area contributed by atoms with Gasteiger partial charge < -0.3 is 20.7 Å². The summed E-state index contributed by atoms with van der Waals surface area (Å²) in [5.74, 6) is 0.608. The molecule has 0 saturated heterocycles. The Morgan fingerprint density at radius 1 is 1.53 bits per heavy atom. The van der Waals surface area contributed by atoms with Crippen molar-refractivity contribution in [1.29, 1.82) is 0 Å². The van der Waals surface area contributed by atoms with Crippen molar-refractivity contribution in [2.45, 2.75) is 12.6 Å². The van der Waals surface area contributed by atoms with Crippen molar-refractivity contribution in [1.82, 2.24) is 10.3 Å². The van der Waals surface area contributed by atoms with Crippen LogP contribution in [0.3, 0.4) is 0 Å². The second-order valence-corrected chi connectivity index (χ2v) is 4.16. The third-order valence-corrected chi connectivity index (χ3v) is 2.38. The summed E-state index contributed by atoms with van der Waals surface area (Å²) in [6.07, 6.45) is 0. The Kier molecular flexibility index (Phi) is 8.06. The van der Waals surface area contributed by atoms with E-state index in [9.17, 15) is 4.79 Å². The Bertz CT molecular complexity index is 401. The number of halogens is 1. The number of ether oxygens (including phenoxy) is 1. The highest BCUT2D eigenvalue weighted by molar-refractivity contribution is 5.85. The monoisotopic (exact) mass is 288 g/mol. The summed E-state index contributed by atoms with van der Waals surface area (Å²) in [6.45, 7) is 0.564. The smallest absolute Gasteiger partial charge is 0.239 e. The zero-order valence-electron chi connectivity index (χ0n) is 11.4. The van der Waals surface area contributed by atoms with Crippen LogP contribution in [-0.2, 0) is 16.1 Å². The molecule has 1 aromatic rings. The molecule has 0 bridgehead atoms. The fraction of sp³-hybridized carbons (Fsp3) is 0.500. The Balaban J connectivity index is 0.00000324. The second-order valence-electron chi connectivity index (χ2n) is 4.16. The number of hydrogen-bond acceptors (Lipinski definition) is 5. The lowest BCUT2D eigenvalue weighted by Gasteiger charge is -2.14. The molecule has 1 atom stereocenters. The number of carbonyl (C=O) groups excluding carboxylic acids is 1. The van der Waals surface area contributed by atoms with E-state index in [1.54, 1.807) is 0 Å². The van der Waals surface area contributed by atoms with Crippen molar-refractivity contribution >= 4 is 24.1 Å². The summed E-state index contributed by atoms with van der Waals surface area (Å²) in [6, 6.07) is 5.02. The van der Waals surface area contributed by atoms with Gasteiger partial charge in [-0.15, -0.1) is 12.4 Å². The van der Waals surface area contributed by atoms with Crippen LogP contribution in [0.5, 0.6) is 0 Å². The van der Waals surface area contributed by atoms with Crippen molar-refractivity contribution in [3.63, 3.8) is 0 Å². The molecule has 3 N–H and O–H groups in total. The third kappa shape index (κ3) is 5.87. The lowest BCUT2D eigenvalue weighted by atomic mass is 10.3. The van der Waals surface area contributed by atoms with Gasteiger partial charge in [-0.25, -0.2) is 4.98 Å². The number of nitrogens with one attached hydrogen (secondary N) is 1. The normalized spacial score (nSPS) is 11.4. The molecule has 0 aromatic carbocycles. The van der Waals surface area contributed by atoms with Crippen LogP contribution in [0.1, 0.15) is 5.69 Å². The van der Waals surface area contributed by atoms with E-state index in [-0.39, 0.29) is 24.9 Å². The lowest BCUT2D eigenvalue weighted by Crippen LogP contribution is -2.43. The maximum Gasteiger partial charge on any atom is 0.239 e. The SMILES string of the molecule is COCC(N)C(=O)NCc1cccc(N(C)C)n1.Cl. The molecule has 1 aromatic heterocycles. The second kappa shape index (κ2) is 8.68. The average Bonchev–Trinajstić information content (AvgIpc) is 2.36. The van der Waals surface area contributed by atoms with Crippen LogP contribution in [-0.4, -0.2) is 44.7 Å². The van der Waals surface area contributed by atoms with Crippen LogP contribution in [0.15, 0.2) is 18.2 Å². The standard InChI is InChI=1S/C12H20N4O2.ClH/c1-16(2)11-6-4-5-9(15-11)7-14-12(17)10(13)8-18-3;/h4-6,10H,7-8,13H2,1-3H3,(H,14,17);1H. The van der Waals surface area contributed by atoms with E-state index < -0.39 is 6.04 Å². The van der Waals surface area contributed by atoms with Crippen LogP contribution in [0.25, 0.3) is 0 Å². The Morgan fingerprint density at radius 3 is 2.79 bits per heavy atom. The molecule has 0 fully saturated rings. The minimum atomic E-state index is -0.646. The van der Waals surface area contributed by atoms with E-state index in [0.717, 1.165) is 11.5 Å². The van der Waals surface area contributed by atoms with Gasteiger partial charge in [-0.1, -0.05) is 6.07 Å². The topological polar surface area (TPSA) is 80.5 Å². The molecule has 0 aliphatic rings. The Morgan fingerprint density at radius 2 is 2.21 bits per heavy atom. The highest BCUT2D eigenvalue weighted by Gasteiger charge is 2.12. The summed E-state index contributed by atoms with van der Waals surface area (Å²) in [4.78, 5) is 17.9. The molecule has 1 heterocycles. The molecule has 108 valence electrons. The minimum absolute atomic E-state index is 0. The van der Waals surface area contributed by atoms with Crippen molar-refractivity contribution in [2.24, 2.45) is 5.73 Å². The molecule has 0 radical (unpaired) electrons. The van der Waals surface area contributed by atoms with Gasteiger partial charge in [-0.3, -0.25) is 4.79 Å². The van der Waals surface area contributed by atoms with Gasteiger partial charge in [-0.2, -0.15) is 0 Å². The molecule has 6 nitrogen and oxygen atoms in total. The van der Waals surface area contributed by atoms with E-state index >= 15 is 0 Å². The fourth-order valence-electron chi connectivity index (χ4n) is 1.38.